The summed E-state index contributed by atoms with van der Waals surface area (Å²) in [5, 5.41) is 4.07. The van der Waals surface area contributed by atoms with Gasteiger partial charge >= 0.3 is 0 Å². The van der Waals surface area contributed by atoms with E-state index in [2.05, 4.69) is 6.92 Å². The number of thiazole rings is 1. The molecule has 0 unspecified atom stereocenters. The van der Waals surface area contributed by atoms with Crippen LogP contribution in [0.4, 0.5) is 10.8 Å². The zero-order valence-electron chi connectivity index (χ0n) is 19.1. The molecular formula is C24H26N4O2S3. The van der Waals surface area contributed by atoms with Crippen molar-refractivity contribution in [1.82, 2.24) is 14.5 Å². The molecule has 4 aromatic rings. The normalized spacial score (nSPS) is 11.3. The number of thiophene rings is 1. The number of aryl methyl sites for hydroxylation is 2. The van der Waals surface area contributed by atoms with Crippen molar-refractivity contribution in [3.8, 4) is 0 Å². The Morgan fingerprint density at radius 1 is 1.18 bits per heavy atom. The smallest absolute Gasteiger partial charge is 0.263 e. The number of benzene rings is 1. The van der Waals surface area contributed by atoms with Crippen LogP contribution in [-0.4, -0.2) is 20.4 Å². The number of amides is 1. The first-order valence-corrected chi connectivity index (χ1v) is 13.5. The quantitative estimate of drug-likeness (QED) is 0.210. The Hall–Kier alpha value is -2.49. The zero-order chi connectivity index (χ0) is 23.5. The summed E-state index contributed by atoms with van der Waals surface area (Å²) in [6.45, 7) is 8.35. The minimum atomic E-state index is -0.0845. The van der Waals surface area contributed by atoms with E-state index in [0.717, 1.165) is 50.0 Å². The summed E-state index contributed by atoms with van der Waals surface area (Å²) >= 11 is 4.54. The van der Waals surface area contributed by atoms with Gasteiger partial charge in [0.1, 0.15) is 4.83 Å². The molecule has 0 atom stereocenters. The van der Waals surface area contributed by atoms with Crippen molar-refractivity contribution in [2.45, 2.75) is 58.0 Å². The molecule has 0 spiro atoms. The van der Waals surface area contributed by atoms with Crippen LogP contribution in [0.1, 0.15) is 42.8 Å². The maximum Gasteiger partial charge on any atom is 0.263 e. The number of carbonyl (C=O) groups excluding carboxylic acids is 1. The number of fused-ring (bicyclic) bond motifs is 1. The standard InChI is InChI=1S/C24H26N4O2S3/c1-5-6-12-27-22(30)20-15(2)16(3)33-21(20)26-23(27)31-13-18-14-32-24(25-18)28(17(4)29)19-10-8-7-9-11-19/h7-11,14H,5-6,12-13H2,1-4H3. The minimum Gasteiger partial charge on any atom is -0.287 e. The Morgan fingerprint density at radius 2 is 1.94 bits per heavy atom. The van der Waals surface area contributed by atoms with Crippen LogP contribution >= 0.6 is 34.4 Å². The predicted octanol–water partition coefficient (Wildman–Crippen LogP) is 6.31. The Balaban J connectivity index is 1.62. The lowest BCUT2D eigenvalue weighted by Crippen LogP contribution is -2.23. The van der Waals surface area contributed by atoms with Gasteiger partial charge in [-0.3, -0.25) is 19.1 Å². The Bertz CT molecular complexity index is 1340. The van der Waals surface area contributed by atoms with Gasteiger partial charge in [-0.15, -0.1) is 22.7 Å². The summed E-state index contributed by atoms with van der Waals surface area (Å²) in [7, 11) is 0. The highest BCUT2D eigenvalue weighted by molar-refractivity contribution is 7.98. The van der Waals surface area contributed by atoms with Crippen molar-refractivity contribution in [1.29, 1.82) is 0 Å². The molecule has 0 fully saturated rings. The number of anilines is 2. The molecule has 0 radical (unpaired) electrons. The number of thioether (sulfide) groups is 1. The van der Waals surface area contributed by atoms with E-state index in [1.165, 1.54) is 23.1 Å². The molecule has 1 amide bonds. The second-order valence-corrected chi connectivity index (χ2v) is 10.8. The van der Waals surface area contributed by atoms with Crippen LogP contribution in [0.15, 0.2) is 45.7 Å². The molecular weight excluding hydrogens is 472 g/mol. The van der Waals surface area contributed by atoms with Gasteiger partial charge in [-0.25, -0.2) is 9.97 Å². The van der Waals surface area contributed by atoms with E-state index in [1.807, 2.05) is 54.1 Å². The molecule has 0 N–H and O–H groups in total. The molecule has 0 aliphatic heterocycles. The number of unbranched alkanes of at least 4 members (excludes halogenated alkanes) is 1. The lowest BCUT2D eigenvalue weighted by Gasteiger charge is -2.17. The number of hydrogen-bond donors (Lipinski definition) is 0. The number of rotatable bonds is 8. The average Bonchev–Trinajstić information content (AvgIpc) is 3.36. The molecule has 3 aromatic heterocycles. The summed E-state index contributed by atoms with van der Waals surface area (Å²) in [5.41, 5.74) is 2.73. The number of carbonyl (C=O) groups is 1. The predicted molar refractivity (Wildman–Crippen MR) is 139 cm³/mol. The maximum atomic E-state index is 13.3. The molecule has 33 heavy (non-hydrogen) atoms. The SMILES string of the molecule is CCCCn1c(SCc2csc(N(C(C)=O)c3ccccc3)n2)nc2sc(C)c(C)c2c1=O. The van der Waals surface area contributed by atoms with E-state index in [0.29, 0.717) is 17.4 Å². The lowest BCUT2D eigenvalue weighted by atomic mass is 10.2. The summed E-state index contributed by atoms with van der Waals surface area (Å²) < 4.78 is 1.81. The van der Waals surface area contributed by atoms with Crippen LogP contribution in [-0.2, 0) is 17.1 Å². The molecule has 0 aliphatic rings. The lowest BCUT2D eigenvalue weighted by molar-refractivity contribution is -0.115. The molecule has 172 valence electrons. The van der Waals surface area contributed by atoms with Crippen molar-refractivity contribution in [2.75, 3.05) is 4.90 Å². The van der Waals surface area contributed by atoms with Crippen molar-refractivity contribution in [3.05, 3.63) is 62.2 Å². The van der Waals surface area contributed by atoms with Crippen LogP contribution in [0.3, 0.4) is 0 Å². The molecule has 1 aromatic carbocycles. The van der Waals surface area contributed by atoms with Crippen LogP contribution in [0.2, 0.25) is 0 Å². The second-order valence-electron chi connectivity index (χ2n) is 7.77. The monoisotopic (exact) mass is 498 g/mol. The van der Waals surface area contributed by atoms with Gasteiger partial charge in [0.2, 0.25) is 5.91 Å². The van der Waals surface area contributed by atoms with E-state index in [9.17, 15) is 9.59 Å². The number of nitrogens with zero attached hydrogens (tertiary/aromatic N) is 4. The van der Waals surface area contributed by atoms with Gasteiger partial charge in [0.15, 0.2) is 10.3 Å². The zero-order valence-corrected chi connectivity index (χ0v) is 21.6. The summed E-state index contributed by atoms with van der Waals surface area (Å²) in [6, 6.07) is 9.52. The van der Waals surface area contributed by atoms with Crippen molar-refractivity contribution in [3.63, 3.8) is 0 Å². The fourth-order valence-corrected chi connectivity index (χ4v) is 6.52. The molecule has 0 saturated carbocycles. The average molecular weight is 499 g/mol. The summed E-state index contributed by atoms with van der Waals surface area (Å²) in [6.07, 6.45) is 1.93. The van der Waals surface area contributed by atoms with Crippen LogP contribution in [0, 0.1) is 13.8 Å². The topological polar surface area (TPSA) is 68.1 Å². The number of aromatic nitrogens is 3. The first kappa shape index (κ1) is 23.7. The van der Waals surface area contributed by atoms with Gasteiger partial charge in [-0.2, -0.15) is 0 Å². The largest absolute Gasteiger partial charge is 0.287 e. The fraction of sp³-hybridized carbons (Fsp3) is 0.333. The molecule has 0 aliphatic carbocycles. The molecule has 4 rings (SSSR count). The van der Waals surface area contributed by atoms with Crippen LogP contribution in [0.25, 0.3) is 10.2 Å². The highest BCUT2D eigenvalue weighted by Gasteiger charge is 2.19. The third-order valence-corrected chi connectivity index (χ3v) is 8.38. The molecule has 9 heteroatoms. The summed E-state index contributed by atoms with van der Waals surface area (Å²) in [5.74, 6) is 0.489. The molecule has 0 saturated heterocycles. The van der Waals surface area contributed by atoms with E-state index < -0.39 is 0 Å². The van der Waals surface area contributed by atoms with E-state index in [-0.39, 0.29) is 11.5 Å². The third-order valence-electron chi connectivity index (χ3n) is 5.40. The van der Waals surface area contributed by atoms with Crippen molar-refractivity contribution >= 4 is 61.4 Å². The van der Waals surface area contributed by atoms with E-state index in [4.69, 9.17) is 9.97 Å². The first-order chi connectivity index (χ1) is 15.9. The van der Waals surface area contributed by atoms with Crippen molar-refractivity contribution in [2.24, 2.45) is 0 Å². The van der Waals surface area contributed by atoms with Gasteiger partial charge in [0.25, 0.3) is 5.56 Å². The van der Waals surface area contributed by atoms with Gasteiger partial charge in [0, 0.05) is 29.5 Å². The van der Waals surface area contributed by atoms with E-state index >= 15 is 0 Å². The van der Waals surface area contributed by atoms with E-state index in [1.54, 1.807) is 23.2 Å². The minimum absolute atomic E-state index is 0.0450. The van der Waals surface area contributed by atoms with Crippen LogP contribution < -0.4 is 10.5 Å². The Labute approximate surface area is 205 Å². The first-order valence-electron chi connectivity index (χ1n) is 10.8. The molecule has 6 nitrogen and oxygen atoms in total. The van der Waals surface area contributed by atoms with Gasteiger partial charge in [0.05, 0.1) is 16.8 Å². The van der Waals surface area contributed by atoms with Gasteiger partial charge < -0.3 is 0 Å². The highest BCUT2D eigenvalue weighted by atomic mass is 32.2. The third kappa shape index (κ3) is 4.90. The Kier molecular flexibility index (Phi) is 7.31. The fourth-order valence-electron chi connectivity index (χ4n) is 3.54. The van der Waals surface area contributed by atoms with Crippen LogP contribution in [0.5, 0.6) is 0 Å². The molecule has 0 bridgehead atoms. The number of para-hydroxylation sites is 1. The number of hydrogen-bond acceptors (Lipinski definition) is 7. The second kappa shape index (κ2) is 10.2. The Morgan fingerprint density at radius 3 is 2.64 bits per heavy atom. The summed E-state index contributed by atoms with van der Waals surface area (Å²) in [4.78, 5) is 38.7. The maximum absolute atomic E-state index is 13.3. The highest BCUT2D eigenvalue weighted by Crippen LogP contribution is 2.32. The van der Waals surface area contributed by atoms with Gasteiger partial charge in [-0.05, 0) is 38.0 Å². The van der Waals surface area contributed by atoms with Crippen molar-refractivity contribution < 1.29 is 4.79 Å². The molecule has 3 heterocycles. The van der Waals surface area contributed by atoms with Gasteiger partial charge in [-0.1, -0.05) is 43.3 Å².